The normalized spacial score (nSPS) is 17.1. The number of amides is 3. The Morgan fingerprint density at radius 2 is 1.41 bits per heavy atom. The standard InChI is InChI=1S/C47H50F4N8O4/c1-2-31-6-5-7-34(24-31)35-27-39(47(49,50)51)43(52-28-35)46(63)58-14-12-32(13-15-58)29-55-16-18-56(19-17-55)30-42(60)57-20-22-59(23-21-57)45(62)38-25-33(10-11-40(38)48)26-41-36-8-3-4-9-37(36)44(61)54-53-41/h3-11,24-25,27-28,32H,2,12-23,26,29-30H2,1H3,(H,54,61). The minimum atomic E-state index is -4.74. The number of H-pyrrole nitrogens is 1. The molecule has 0 unspecified atom stereocenters. The van der Waals surface area contributed by atoms with Gasteiger partial charge in [0.05, 0.1) is 28.8 Å². The Bertz CT molecular complexity index is 2540. The first kappa shape index (κ1) is 43.6. The van der Waals surface area contributed by atoms with E-state index in [4.69, 9.17) is 0 Å². The second-order valence-electron chi connectivity index (χ2n) is 16.7. The summed E-state index contributed by atoms with van der Waals surface area (Å²) < 4.78 is 57.8. The highest BCUT2D eigenvalue weighted by Gasteiger charge is 2.39. The van der Waals surface area contributed by atoms with Gasteiger partial charge in [-0.3, -0.25) is 24.1 Å². The maximum atomic E-state index is 15.0. The number of aromatic nitrogens is 3. The largest absolute Gasteiger partial charge is 0.418 e. The number of aryl methyl sites for hydroxylation is 1. The summed E-state index contributed by atoms with van der Waals surface area (Å²) in [4.78, 5) is 65.9. The lowest BCUT2D eigenvalue weighted by Crippen LogP contribution is -2.55. The lowest BCUT2D eigenvalue weighted by atomic mass is 9.95. The van der Waals surface area contributed by atoms with Gasteiger partial charge in [0.15, 0.2) is 0 Å². The van der Waals surface area contributed by atoms with Crippen LogP contribution in [0.1, 0.15) is 63.0 Å². The van der Waals surface area contributed by atoms with Crippen molar-refractivity contribution in [3.63, 3.8) is 0 Å². The van der Waals surface area contributed by atoms with Crippen LogP contribution in [0.3, 0.4) is 0 Å². The first-order valence-electron chi connectivity index (χ1n) is 21.6. The number of piperidine rings is 1. The van der Waals surface area contributed by atoms with Crippen LogP contribution in [0, 0.1) is 11.7 Å². The lowest BCUT2D eigenvalue weighted by Gasteiger charge is -2.40. The van der Waals surface area contributed by atoms with Gasteiger partial charge in [0.25, 0.3) is 17.4 Å². The summed E-state index contributed by atoms with van der Waals surface area (Å²) in [7, 11) is 0. The molecule has 0 saturated carbocycles. The molecule has 0 spiro atoms. The number of alkyl halides is 3. The monoisotopic (exact) mass is 866 g/mol. The number of pyridine rings is 1. The van der Waals surface area contributed by atoms with Crippen LogP contribution in [0.25, 0.3) is 21.9 Å². The highest BCUT2D eigenvalue weighted by atomic mass is 19.4. The Kier molecular flexibility index (Phi) is 13.0. The fourth-order valence-corrected chi connectivity index (χ4v) is 8.91. The molecule has 1 N–H and O–H groups in total. The number of benzene rings is 3. The third kappa shape index (κ3) is 9.97. The van der Waals surface area contributed by atoms with E-state index in [0.717, 1.165) is 37.7 Å². The minimum Gasteiger partial charge on any atom is -0.338 e. The average Bonchev–Trinajstić information content (AvgIpc) is 3.30. The van der Waals surface area contributed by atoms with Gasteiger partial charge in [0.2, 0.25) is 5.91 Å². The van der Waals surface area contributed by atoms with Crippen LogP contribution < -0.4 is 5.56 Å². The number of hydrogen-bond donors (Lipinski definition) is 1. The van der Waals surface area contributed by atoms with E-state index in [-0.39, 0.29) is 49.0 Å². The smallest absolute Gasteiger partial charge is 0.338 e. The number of likely N-dealkylation sites (tertiary alicyclic amines) is 1. The lowest BCUT2D eigenvalue weighted by molar-refractivity contribution is -0.138. The summed E-state index contributed by atoms with van der Waals surface area (Å²) in [6.07, 6.45) is -1.01. The number of fused-ring (bicyclic) bond motifs is 1. The van der Waals surface area contributed by atoms with Gasteiger partial charge in [-0.2, -0.15) is 18.3 Å². The maximum Gasteiger partial charge on any atom is 0.418 e. The van der Waals surface area contributed by atoms with E-state index in [1.165, 1.54) is 23.2 Å². The van der Waals surface area contributed by atoms with Gasteiger partial charge in [0.1, 0.15) is 11.5 Å². The van der Waals surface area contributed by atoms with E-state index < -0.39 is 35.1 Å². The Morgan fingerprint density at radius 1 is 0.730 bits per heavy atom. The SMILES string of the molecule is CCc1cccc(-c2cnc(C(=O)N3CCC(CN4CCN(CC(=O)N5CCN(C(=O)c6cc(Cc7n[nH]c(=O)c8ccccc78)ccc6F)CC5)CC4)CC3)c(C(F)(F)F)c2)c1. The van der Waals surface area contributed by atoms with E-state index in [9.17, 15) is 32.3 Å². The summed E-state index contributed by atoms with van der Waals surface area (Å²) in [6.45, 7) is 7.90. The van der Waals surface area contributed by atoms with Crippen molar-refractivity contribution < 1.29 is 31.9 Å². The number of halogens is 4. The summed E-state index contributed by atoms with van der Waals surface area (Å²) in [6, 6.07) is 19.8. The van der Waals surface area contributed by atoms with Gasteiger partial charge in [0, 0.05) is 95.6 Å². The van der Waals surface area contributed by atoms with Gasteiger partial charge >= 0.3 is 6.18 Å². The molecule has 63 heavy (non-hydrogen) atoms. The summed E-state index contributed by atoms with van der Waals surface area (Å²) in [5.41, 5.74) is 1.27. The Hall–Kier alpha value is -6.00. The van der Waals surface area contributed by atoms with E-state index in [0.29, 0.717) is 85.3 Å². The molecule has 5 heterocycles. The van der Waals surface area contributed by atoms with Crippen molar-refractivity contribution in [2.75, 3.05) is 78.5 Å². The number of rotatable bonds is 10. The first-order chi connectivity index (χ1) is 30.3. The fourth-order valence-electron chi connectivity index (χ4n) is 8.91. The van der Waals surface area contributed by atoms with Crippen LogP contribution in [0.15, 0.2) is 83.8 Å². The van der Waals surface area contributed by atoms with Crippen LogP contribution in [0.4, 0.5) is 17.6 Å². The zero-order chi connectivity index (χ0) is 44.3. The molecule has 0 radical (unpaired) electrons. The fraction of sp³-hybridized carbons (Fsp3) is 0.404. The number of aromatic amines is 1. The highest BCUT2D eigenvalue weighted by molar-refractivity contribution is 5.95. The van der Waals surface area contributed by atoms with Gasteiger partial charge in [-0.15, -0.1) is 0 Å². The predicted molar refractivity (Wildman–Crippen MR) is 230 cm³/mol. The van der Waals surface area contributed by atoms with Crippen LogP contribution in [-0.2, 0) is 23.8 Å². The van der Waals surface area contributed by atoms with E-state index in [1.807, 2.05) is 25.1 Å². The van der Waals surface area contributed by atoms with Crippen LogP contribution in [0.5, 0.6) is 0 Å². The molecule has 330 valence electrons. The maximum absolute atomic E-state index is 15.0. The van der Waals surface area contributed by atoms with Gasteiger partial charge in [-0.25, -0.2) is 14.5 Å². The van der Waals surface area contributed by atoms with Gasteiger partial charge in [-0.1, -0.05) is 55.5 Å². The van der Waals surface area contributed by atoms with E-state index in [1.54, 1.807) is 46.2 Å². The van der Waals surface area contributed by atoms with Crippen LogP contribution in [-0.4, -0.2) is 136 Å². The molecule has 3 amide bonds. The van der Waals surface area contributed by atoms with Crippen LogP contribution >= 0.6 is 0 Å². The minimum absolute atomic E-state index is 0.0232. The number of carbonyl (C=O) groups excluding carboxylic acids is 3. The first-order valence-corrected chi connectivity index (χ1v) is 21.6. The molecule has 3 aromatic carbocycles. The number of hydrogen-bond acceptors (Lipinski definition) is 8. The highest BCUT2D eigenvalue weighted by Crippen LogP contribution is 2.35. The molecule has 0 aliphatic carbocycles. The summed E-state index contributed by atoms with van der Waals surface area (Å²) in [5, 5.41) is 7.91. The third-order valence-corrected chi connectivity index (χ3v) is 12.6. The molecule has 3 aliphatic rings. The predicted octanol–water partition coefficient (Wildman–Crippen LogP) is 5.75. The second kappa shape index (κ2) is 18.8. The molecule has 3 fully saturated rings. The van der Waals surface area contributed by atoms with E-state index >= 15 is 4.39 Å². The summed E-state index contributed by atoms with van der Waals surface area (Å²) in [5.74, 6) is -1.51. The molecule has 8 rings (SSSR count). The number of nitrogens with one attached hydrogen (secondary N) is 1. The number of piperazine rings is 2. The molecule has 2 aromatic heterocycles. The Balaban J connectivity index is 0.774. The van der Waals surface area contributed by atoms with Crippen molar-refractivity contribution >= 4 is 28.5 Å². The third-order valence-electron chi connectivity index (χ3n) is 12.6. The zero-order valence-corrected chi connectivity index (χ0v) is 35.2. The molecule has 0 bridgehead atoms. The molecular formula is C47H50F4N8O4. The number of nitrogens with zero attached hydrogens (tertiary/aromatic N) is 7. The second-order valence-corrected chi connectivity index (χ2v) is 16.7. The van der Waals surface area contributed by atoms with Crippen molar-refractivity contribution in [3.8, 4) is 11.1 Å². The average molecular weight is 867 g/mol. The van der Waals surface area contributed by atoms with Gasteiger partial charge < -0.3 is 19.6 Å². The van der Waals surface area contributed by atoms with E-state index in [2.05, 4.69) is 25.0 Å². The van der Waals surface area contributed by atoms with Crippen molar-refractivity contribution in [1.82, 2.24) is 39.7 Å². The van der Waals surface area contributed by atoms with Crippen molar-refractivity contribution in [2.24, 2.45) is 5.92 Å². The topological polar surface area (TPSA) is 126 Å². The molecule has 3 aliphatic heterocycles. The van der Waals surface area contributed by atoms with Crippen LogP contribution in [0.2, 0.25) is 0 Å². The van der Waals surface area contributed by atoms with Crippen molar-refractivity contribution in [1.29, 1.82) is 0 Å². The number of carbonyl (C=O) groups is 3. The van der Waals surface area contributed by atoms with Crippen molar-refractivity contribution in [2.45, 2.75) is 38.8 Å². The molecule has 3 saturated heterocycles. The van der Waals surface area contributed by atoms with Gasteiger partial charge in [-0.05, 0) is 66.1 Å². The molecule has 0 atom stereocenters. The molecule has 12 nitrogen and oxygen atoms in total. The zero-order valence-electron chi connectivity index (χ0n) is 35.2. The Morgan fingerprint density at radius 3 is 2.13 bits per heavy atom. The Labute approximate surface area is 362 Å². The van der Waals surface area contributed by atoms with Crippen molar-refractivity contribution in [3.05, 3.63) is 129 Å². The quantitative estimate of drug-likeness (QED) is 0.176. The molecule has 16 heteroatoms. The molecular weight excluding hydrogens is 817 g/mol. The molecule has 5 aromatic rings. The summed E-state index contributed by atoms with van der Waals surface area (Å²) >= 11 is 0.